The number of carbonyl (C=O) groups is 1. The van der Waals surface area contributed by atoms with E-state index in [9.17, 15) is 4.79 Å². The highest BCUT2D eigenvalue weighted by Gasteiger charge is 2.22. The fourth-order valence-corrected chi connectivity index (χ4v) is 3.35. The monoisotopic (exact) mass is 445 g/mol. The van der Waals surface area contributed by atoms with Crippen molar-refractivity contribution in [1.82, 2.24) is 29.7 Å². The fourth-order valence-electron chi connectivity index (χ4n) is 3.35. The Hall–Kier alpha value is -3.88. The molecule has 1 N–H and O–H groups in total. The fraction of sp³-hybridized carbons (Fsp3) is 0.333. The minimum absolute atomic E-state index is 0.0509. The number of benzene rings is 1. The molecule has 0 bridgehead atoms. The number of aryl methyl sites for hydroxylation is 3. The smallest absolute Gasteiger partial charge is 0.230 e. The zero-order valence-corrected chi connectivity index (χ0v) is 19.5. The maximum Gasteiger partial charge on any atom is 0.230 e. The van der Waals surface area contributed by atoms with E-state index in [-0.39, 0.29) is 11.2 Å². The lowest BCUT2D eigenvalue weighted by molar-refractivity contribution is 0.0952. The molecule has 9 heteroatoms. The summed E-state index contributed by atoms with van der Waals surface area (Å²) in [5.74, 6) is 1.85. The van der Waals surface area contributed by atoms with Crippen LogP contribution in [-0.2, 0) is 18.9 Å². The van der Waals surface area contributed by atoms with Crippen LogP contribution in [0.15, 0.2) is 47.5 Å². The molecule has 0 aliphatic rings. The number of anilines is 2. The quantitative estimate of drug-likeness (QED) is 0.416. The van der Waals surface area contributed by atoms with Gasteiger partial charge >= 0.3 is 0 Å². The maximum atomic E-state index is 12.6. The predicted molar refractivity (Wildman–Crippen MR) is 124 cm³/mol. The van der Waals surface area contributed by atoms with Crippen molar-refractivity contribution in [2.75, 3.05) is 5.32 Å². The lowest BCUT2D eigenvalue weighted by Crippen LogP contribution is -2.11. The van der Waals surface area contributed by atoms with Gasteiger partial charge in [-0.2, -0.15) is 10.1 Å². The third kappa shape index (κ3) is 5.31. The molecule has 9 nitrogen and oxygen atoms in total. The molecular formula is C24H27N7O2. The van der Waals surface area contributed by atoms with E-state index >= 15 is 0 Å². The molecule has 0 fully saturated rings. The Balaban J connectivity index is 1.43. The molecule has 0 saturated heterocycles. The summed E-state index contributed by atoms with van der Waals surface area (Å²) >= 11 is 0. The zero-order chi connectivity index (χ0) is 23.6. The topological polar surface area (TPSA) is 112 Å². The van der Waals surface area contributed by atoms with Crippen molar-refractivity contribution in [1.29, 1.82) is 0 Å². The van der Waals surface area contributed by atoms with Crippen molar-refractivity contribution in [3.05, 3.63) is 65.9 Å². The molecule has 0 aliphatic heterocycles. The molecule has 0 saturated carbocycles. The van der Waals surface area contributed by atoms with Crippen LogP contribution < -0.4 is 5.32 Å². The van der Waals surface area contributed by atoms with Crippen LogP contribution in [0.2, 0.25) is 0 Å². The SMILES string of the molecule is Cc1cc(-c2ncnc(Nc3cnn(C)c3)n2)ccc1CCC(=O)c1cnc(C(C)(C)C)o1. The average Bonchev–Trinajstić information content (AvgIpc) is 3.42. The second-order valence-corrected chi connectivity index (χ2v) is 9.00. The standard InChI is InChI=1S/C24H27N7O2/c1-15-10-17(21-26-14-27-23(30-21)29-18-11-28-31(5)13-18)7-6-16(15)8-9-19(32)20-12-25-22(33-20)24(2,3)4/h6-7,10-14H,8-9H2,1-5H3,(H,26,27,29,30). The van der Waals surface area contributed by atoms with Crippen molar-refractivity contribution in [3.63, 3.8) is 0 Å². The number of rotatable bonds is 7. The molecule has 0 aliphatic carbocycles. The minimum atomic E-state index is -0.229. The van der Waals surface area contributed by atoms with Gasteiger partial charge in [-0.05, 0) is 30.5 Å². The van der Waals surface area contributed by atoms with E-state index in [1.54, 1.807) is 10.9 Å². The Bertz CT molecular complexity index is 1280. The summed E-state index contributed by atoms with van der Waals surface area (Å²) in [7, 11) is 1.84. The Kier molecular flexibility index (Phi) is 6.04. The predicted octanol–water partition coefficient (Wildman–Crippen LogP) is 4.43. The van der Waals surface area contributed by atoms with E-state index in [0.717, 1.165) is 22.4 Å². The van der Waals surface area contributed by atoms with Crippen LogP contribution in [0.4, 0.5) is 11.6 Å². The molecule has 3 heterocycles. The molecule has 170 valence electrons. The summed E-state index contributed by atoms with van der Waals surface area (Å²) in [5.41, 5.74) is 3.60. The van der Waals surface area contributed by atoms with Crippen molar-refractivity contribution < 1.29 is 9.21 Å². The lowest BCUT2D eigenvalue weighted by atomic mass is 9.97. The number of hydrogen-bond donors (Lipinski definition) is 1. The highest BCUT2D eigenvalue weighted by atomic mass is 16.4. The second kappa shape index (κ2) is 8.93. The largest absolute Gasteiger partial charge is 0.437 e. The van der Waals surface area contributed by atoms with Crippen molar-refractivity contribution in [2.45, 2.75) is 46.0 Å². The molecule has 4 rings (SSSR count). The number of hydrogen-bond acceptors (Lipinski definition) is 8. The molecule has 4 aromatic rings. The first kappa shape index (κ1) is 22.3. The van der Waals surface area contributed by atoms with Crippen LogP contribution in [0, 0.1) is 6.92 Å². The van der Waals surface area contributed by atoms with Gasteiger partial charge in [-0.15, -0.1) is 0 Å². The first-order chi connectivity index (χ1) is 15.7. The van der Waals surface area contributed by atoms with E-state index in [0.29, 0.717) is 36.3 Å². The molecule has 1 aromatic carbocycles. The van der Waals surface area contributed by atoms with Gasteiger partial charge in [0.1, 0.15) is 6.33 Å². The summed E-state index contributed by atoms with van der Waals surface area (Å²) in [6, 6.07) is 5.99. The first-order valence-electron chi connectivity index (χ1n) is 10.7. The Morgan fingerprint density at radius 3 is 2.64 bits per heavy atom. The highest BCUT2D eigenvalue weighted by molar-refractivity contribution is 5.93. The van der Waals surface area contributed by atoms with Crippen LogP contribution >= 0.6 is 0 Å². The molecule has 3 aromatic heterocycles. The van der Waals surface area contributed by atoms with Gasteiger partial charge < -0.3 is 9.73 Å². The summed E-state index contributed by atoms with van der Waals surface area (Å²) in [6.07, 6.45) is 7.51. The molecule has 0 spiro atoms. The summed E-state index contributed by atoms with van der Waals surface area (Å²) in [5, 5.41) is 7.25. The normalized spacial score (nSPS) is 11.5. The molecular weight excluding hydrogens is 418 g/mol. The number of oxazole rings is 1. The molecule has 0 amide bonds. The second-order valence-electron chi connectivity index (χ2n) is 9.00. The number of ketones is 1. The van der Waals surface area contributed by atoms with Crippen molar-refractivity contribution in [3.8, 4) is 11.4 Å². The van der Waals surface area contributed by atoms with Crippen LogP contribution in [0.3, 0.4) is 0 Å². The van der Waals surface area contributed by atoms with E-state index in [1.165, 1.54) is 12.5 Å². The Morgan fingerprint density at radius 2 is 1.97 bits per heavy atom. The molecule has 0 unspecified atom stereocenters. The van der Waals surface area contributed by atoms with Crippen LogP contribution in [0.25, 0.3) is 11.4 Å². The van der Waals surface area contributed by atoms with Gasteiger partial charge in [-0.25, -0.2) is 15.0 Å². The van der Waals surface area contributed by atoms with Gasteiger partial charge in [0.05, 0.1) is 18.1 Å². The zero-order valence-electron chi connectivity index (χ0n) is 19.5. The maximum absolute atomic E-state index is 12.6. The number of nitrogens with zero attached hydrogens (tertiary/aromatic N) is 6. The molecule has 0 radical (unpaired) electrons. The molecule has 0 atom stereocenters. The lowest BCUT2D eigenvalue weighted by Gasteiger charge is -2.12. The van der Waals surface area contributed by atoms with Gasteiger partial charge in [0, 0.05) is 30.6 Å². The van der Waals surface area contributed by atoms with E-state index < -0.39 is 0 Å². The van der Waals surface area contributed by atoms with Crippen molar-refractivity contribution in [2.24, 2.45) is 7.05 Å². The van der Waals surface area contributed by atoms with Gasteiger partial charge in [-0.1, -0.05) is 32.9 Å². The third-order valence-corrected chi connectivity index (χ3v) is 5.18. The van der Waals surface area contributed by atoms with Crippen LogP contribution in [0.1, 0.15) is 54.8 Å². The molecule has 33 heavy (non-hydrogen) atoms. The van der Waals surface area contributed by atoms with Gasteiger partial charge in [-0.3, -0.25) is 9.48 Å². The minimum Gasteiger partial charge on any atom is -0.437 e. The van der Waals surface area contributed by atoms with Gasteiger partial charge in [0.15, 0.2) is 23.3 Å². The summed E-state index contributed by atoms with van der Waals surface area (Å²) < 4.78 is 7.36. The first-order valence-corrected chi connectivity index (χ1v) is 10.7. The third-order valence-electron chi connectivity index (χ3n) is 5.18. The average molecular weight is 446 g/mol. The van der Waals surface area contributed by atoms with Crippen molar-refractivity contribution >= 4 is 17.4 Å². The van der Waals surface area contributed by atoms with E-state index in [4.69, 9.17) is 4.42 Å². The van der Waals surface area contributed by atoms with Gasteiger partial charge in [0.2, 0.25) is 5.95 Å². The number of carbonyl (C=O) groups excluding carboxylic acids is 1. The number of aromatic nitrogens is 6. The Labute approximate surface area is 192 Å². The van der Waals surface area contributed by atoms with Crippen LogP contribution in [0.5, 0.6) is 0 Å². The van der Waals surface area contributed by atoms with Crippen LogP contribution in [-0.4, -0.2) is 35.5 Å². The summed E-state index contributed by atoms with van der Waals surface area (Å²) in [4.78, 5) is 29.8. The van der Waals surface area contributed by atoms with Gasteiger partial charge in [0.25, 0.3) is 0 Å². The van der Waals surface area contributed by atoms with E-state index in [1.807, 2.05) is 59.1 Å². The highest BCUT2D eigenvalue weighted by Crippen LogP contribution is 2.24. The number of nitrogens with one attached hydrogen (secondary N) is 1. The van der Waals surface area contributed by atoms with E-state index in [2.05, 4.69) is 30.4 Å². The number of Topliss-reactive ketones (excluding diaryl/α,β-unsaturated/α-hetero) is 1. The summed E-state index contributed by atoms with van der Waals surface area (Å²) in [6.45, 7) is 8.03. The Morgan fingerprint density at radius 1 is 1.15 bits per heavy atom.